The molecule has 1 heterocycles. The quantitative estimate of drug-likeness (QED) is 0.895. The Hall–Kier alpha value is -2.10. The van der Waals surface area contributed by atoms with Gasteiger partial charge in [0, 0.05) is 6.42 Å². The summed E-state index contributed by atoms with van der Waals surface area (Å²) in [6, 6.07) is 9.85. The lowest BCUT2D eigenvalue weighted by Crippen LogP contribution is -2.19. The molecule has 1 N–H and O–H groups in total. The smallest absolute Gasteiger partial charge is 0.315 e. The third kappa shape index (κ3) is 1.79. The Morgan fingerprint density at radius 2 is 2.06 bits per heavy atom. The van der Waals surface area contributed by atoms with E-state index in [0.29, 0.717) is 30.8 Å². The highest BCUT2D eigenvalue weighted by atomic mass is 16.4. The van der Waals surface area contributed by atoms with Crippen molar-refractivity contribution in [1.82, 2.24) is 4.98 Å². The number of carbonyl (C=O) groups is 1. The molecule has 1 aromatic carbocycles. The molecule has 92 valence electrons. The molecule has 1 aliphatic rings. The minimum absolute atomic E-state index is 0.556. The van der Waals surface area contributed by atoms with Crippen LogP contribution in [0.3, 0.4) is 0 Å². The van der Waals surface area contributed by atoms with Crippen LogP contribution in [0.15, 0.2) is 41.0 Å². The van der Waals surface area contributed by atoms with Gasteiger partial charge in [0.15, 0.2) is 5.89 Å². The maximum atomic E-state index is 11.2. The van der Waals surface area contributed by atoms with Crippen molar-refractivity contribution in [3.63, 3.8) is 0 Å². The number of hydrogen-bond donors (Lipinski definition) is 1. The topological polar surface area (TPSA) is 63.3 Å². The van der Waals surface area contributed by atoms with Crippen LogP contribution in [0.4, 0.5) is 0 Å². The number of aromatic nitrogens is 1. The molecule has 0 saturated heterocycles. The molecule has 0 aliphatic heterocycles. The fourth-order valence-corrected chi connectivity index (χ4v) is 2.09. The van der Waals surface area contributed by atoms with Gasteiger partial charge in [-0.2, -0.15) is 0 Å². The van der Waals surface area contributed by atoms with E-state index in [9.17, 15) is 9.90 Å². The molecule has 4 nitrogen and oxygen atoms in total. The first-order chi connectivity index (χ1) is 8.71. The number of aliphatic carboxylic acids is 1. The van der Waals surface area contributed by atoms with Gasteiger partial charge in [0.2, 0.25) is 0 Å². The van der Waals surface area contributed by atoms with Crippen LogP contribution in [0.2, 0.25) is 0 Å². The molecule has 0 radical (unpaired) electrons. The summed E-state index contributed by atoms with van der Waals surface area (Å²) in [7, 11) is 0. The molecule has 0 amide bonds. The van der Waals surface area contributed by atoms with Crippen LogP contribution in [0.25, 0.3) is 0 Å². The summed E-state index contributed by atoms with van der Waals surface area (Å²) in [6.45, 7) is 0. The van der Waals surface area contributed by atoms with Crippen LogP contribution in [0.1, 0.15) is 30.0 Å². The maximum absolute atomic E-state index is 11.2. The molecular weight excluding hydrogens is 230 g/mol. The van der Waals surface area contributed by atoms with E-state index < -0.39 is 11.4 Å². The molecule has 1 saturated carbocycles. The largest absolute Gasteiger partial charge is 0.481 e. The van der Waals surface area contributed by atoms with Crippen molar-refractivity contribution in [3.8, 4) is 0 Å². The lowest BCUT2D eigenvalue weighted by atomic mass is 10.0. The SMILES string of the molecule is O=C(O)C1(c2coc(Cc3ccccc3)n2)CC1. The number of rotatable bonds is 4. The van der Waals surface area contributed by atoms with Crippen molar-refractivity contribution in [1.29, 1.82) is 0 Å². The summed E-state index contributed by atoms with van der Waals surface area (Å²) in [4.78, 5) is 15.5. The normalized spacial score (nSPS) is 16.4. The minimum atomic E-state index is -0.804. The van der Waals surface area contributed by atoms with Crippen LogP contribution in [0, 0.1) is 0 Å². The predicted octanol–water partition coefficient (Wildman–Crippen LogP) is 2.38. The molecule has 0 bridgehead atoms. The summed E-state index contributed by atoms with van der Waals surface area (Å²) in [5.41, 5.74) is 0.880. The predicted molar refractivity (Wildman–Crippen MR) is 64.3 cm³/mol. The monoisotopic (exact) mass is 243 g/mol. The highest BCUT2D eigenvalue weighted by Gasteiger charge is 2.54. The third-order valence-corrected chi connectivity index (χ3v) is 3.40. The average molecular weight is 243 g/mol. The number of benzene rings is 1. The van der Waals surface area contributed by atoms with Crippen LogP contribution in [0.5, 0.6) is 0 Å². The standard InChI is InChI=1S/C14H13NO3/c16-13(17)14(6-7-14)11-9-18-12(15-11)8-10-4-2-1-3-5-10/h1-5,9H,6-8H2,(H,16,17). The van der Waals surface area contributed by atoms with E-state index in [1.54, 1.807) is 0 Å². The zero-order valence-electron chi connectivity index (χ0n) is 9.80. The Morgan fingerprint density at radius 1 is 1.33 bits per heavy atom. The number of nitrogens with zero attached hydrogens (tertiary/aromatic N) is 1. The Balaban J connectivity index is 1.81. The van der Waals surface area contributed by atoms with Gasteiger partial charge in [-0.25, -0.2) is 4.98 Å². The van der Waals surface area contributed by atoms with Crippen molar-refractivity contribution in [2.24, 2.45) is 0 Å². The van der Waals surface area contributed by atoms with Gasteiger partial charge in [0.1, 0.15) is 11.7 Å². The van der Waals surface area contributed by atoms with Crippen molar-refractivity contribution in [2.45, 2.75) is 24.7 Å². The molecule has 1 fully saturated rings. The molecule has 0 unspecified atom stereocenters. The molecule has 1 aromatic heterocycles. The van der Waals surface area contributed by atoms with E-state index in [4.69, 9.17) is 4.42 Å². The van der Waals surface area contributed by atoms with Gasteiger partial charge in [0.05, 0.1) is 5.69 Å². The van der Waals surface area contributed by atoms with Crippen molar-refractivity contribution >= 4 is 5.97 Å². The first kappa shape index (κ1) is 11.0. The van der Waals surface area contributed by atoms with Crippen molar-refractivity contribution < 1.29 is 14.3 Å². The van der Waals surface area contributed by atoms with Crippen LogP contribution >= 0.6 is 0 Å². The Kier molecular flexibility index (Phi) is 2.44. The average Bonchev–Trinajstić information content (AvgIpc) is 3.07. The van der Waals surface area contributed by atoms with E-state index in [0.717, 1.165) is 5.56 Å². The summed E-state index contributed by atoms with van der Waals surface area (Å²) in [6.07, 6.45) is 3.38. The van der Waals surface area contributed by atoms with Gasteiger partial charge in [-0.15, -0.1) is 0 Å². The summed E-state index contributed by atoms with van der Waals surface area (Å²) < 4.78 is 5.37. The van der Waals surface area contributed by atoms with Crippen molar-refractivity contribution in [2.75, 3.05) is 0 Å². The lowest BCUT2D eigenvalue weighted by Gasteiger charge is -2.03. The first-order valence-electron chi connectivity index (χ1n) is 5.93. The Bertz CT molecular complexity index is 570. The summed E-state index contributed by atoms with van der Waals surface area (Å²) in [5.74, 6) is -0.231. The molecule has 2 aromatic rings. The van der Waals surface area contributed by atoms with Gasteiger partial charge in [-0.3, -0.25) is 4.79 Å². The lowest BCUT2D eigenvalue weighted by molar-refractivity contribution is -0.140. The van der Waals surface area contributed by atoms with Gasteiger partial charge >= 0.3 is 5.97 Å². The number of oxazole rings is 1. The molecule has 0 spiro atoms. The fourth-order valence-electron chi connectivity index (χ4n) is 2.09. The number of hydrogen-bond acceptors (Lipinski definition) is 3. The van der Waals surface area contributed by atoms with Gasteiger partial charge in [-0.05, 0) is 18.4 Å². The number of carboxylic acid groups (broad SMARTS) is 1. The van der Waals surface area contributed by atoms with Gasteiger partial charge in [0.25, 0.3) is 0 Å². The van der Waals surface area contributed by atoms with E-state index in [-0.39, 0.29) is 0 Å². The van der Waals surface area contributed by atoms with Crippen LogP contribution < -0.4 is 0 Å². The van der Waals surface area contributed by atoms with Crippen LogP contribution in [-0.2, 0) is 16.6 Å². The first-order valence-corrected chi connectivity index (χ1v) is 5.93. The second kappa shape index (κ2) is 3.98. The molecule has 4 heteroatoms. The highest BCUT2D eigenvalue weighted by Crippen LogP contribution is 2.47. The third-order valence-electron chi connectivity index (χ3n) is 3.40. The van der Waals surface area contributed by atoms with Crippen LogP contribution in [-0.4, -0.2) is 16.1 Å². The van der Waals surface area contributed by atoms with E-state index in [2.05, 4.69) is 4.98 Å². The second-order valence-corrected chi connectivity index (χ2v) is 4.68. The Labute approximate surface area is 104 Å². The molecule has 18 heavy (non-hydrogen) atoms. The molecular formula is C14H13NO3. The van der Waals surface area contributed by atoms with E-state index in [1.807, 2.05) is 30.3 Å². The molecule has 3 rings (SSSR count). The van der Waals surface area contributed by atoms with E-state index in [1.165, 1.54) is 6.26 Å². The van der Waals surface area contributed by atoms with Crippen molar-refractivity contribution in [3.05, 3.63) is 53.7 Å². The maximum Gasteiger partial charge on any atom is 0.315 e. The Morgan fingerprint density at radius 3 is 2.67 bits per heavy atom. The summed E-state index contributed by atoms with van der Waals surface area (Å²) in [5, 5.41) is 9.17. The molecule has 0 atom stereocenters. The van der Waals surface area contributed by atoms with Gasteiger partial charge < -0.3 is 9.52 Å². The second-order valence-electron chi connectivity index (χ2n) is 4.68. The zero-order chi connectivity index (χ0) is 12.6. The zero-order valence-corrected chi connectivity index (χ0v) is 9.80. The molecule has 1 aliphatic carbocycles. The minimum Gasteiger partial charge on any atom is -0.481 e. The fraction of sp³-hybridized carbons (Fsp3) is 0.286. The highest BCUT2D eigenvalue weighted by molar-refractivity contribution is 5.84. The number of carboxylic acids is 1. The van der Waals surface area contributed by atoms with E-state index >= 15 is 0 Å². The summed E-state index contributed by atoms with van der Waals surface area (Å²) >= 11 is 0. The van der Waals surface area contributed by atoms with Gasteiger partial charge in [-0.1, -0.05) is 30.3 Å².